The van der Waals surface area contributed by atoms with Crippen LogP contribution in [0.4, 0.5) is 0 Å². The number of nitrogens with one attached hydrogen (secondary N) is 1. The Labute approximate surface area is 100 Å². The zero-order chi connectivity index (χ0) is 11.5. The van der Waals surface area contributed by atoms with E-state index in [0.717, 1.165) is 31.5 Å². The molecule has 0 unspecified atom stereocenters. The molecule has 0 atom stereocenters. The first-order valence-corrected chi connectivity index (χ1v) is 5.87. The minimum Gasteiger partial charge on any atom is -0.506 e. The molecule has 0 aliphatic carbocycles. The molecule has 0 radical (unpaired) electrons. The largest absolute Gasteiger partial charge is 0.506 e. The van der Waals surface area contributed by atoms with Crippen LogP contribution in [0.25, 0.3) is 0 Å². The number of methoxy groups -OCH3 is 1. The fourth-order valence-electron chi connectivity index (χ4n) is 2.16. The van der Waals surface area contributed by atoms with Gasteiger partial charge in [0.2, 0.25) is 0 Å². The van der Waals surface area contributed by atoms with E-state index < -0.39 is 0 Å². The number of aromatic hydroxyl groups is 1. The van der Waals surface area contributed by atoms with Crippen LogP contribution in [0.2, 0.25) is 5.02 Å². The van der Waals surface area contributed by atoms with Crippen molar-refractivity contribution >= 4 is 11.6 Å². The van der Waals surface area contributed by atoms with Gasteiger partial charge in [0.05, 0.1) is 12.1 Å². The van der Waals surface area contributed by atoms with Gasteiger partial charge in [-0.05, 0) is 37.9 Å². The van der Waals surface area contributed by atoms with E-state index in [1.807, 2.05) is 6.07 Å². The second kappa shape index (κ2) is 4.93. The lowest BCUT2D eigenvalue weighted by Gasteiger charge is -2.24. The SMILES string of the molecule is COc1cc(Cl)c(O)c(C2CCNCC2)c1. The second-order valence-corrected chi connectivity index (χ2v) is 4.48. The molecule has 16 heavy (non-hydrogen) atoms. The van der Waals surface area contributed by atoms with Crippen molar-refractivity contribution in [1.82, 2.24) is 5.32 Å². The van der Waals surface area contributed by atoms with Crippen LogP contribution < -0.4 is 10.1 Å². The average molecular weight is 242 g/mol. The van der Waals surface area contributed by atoms with Crippen LogP contribution in [0, 0.1) is 0 Å². The summed E-state index contributed by atoms with van der Waals surface area (Å²) in [5.41, 5.74) is 0.908. The van der Waals surface area contributed by atoms with E-state index in [2.05, 4.69) is 5.32 Å². The lowest BCUT2D eigenvalue weighted by molar-refractivity contribution is 0.401. The summed E-state index contributed by atoms with van der Waals surface area (Å²) in [5.74, 6) is 1.28. The molecular formula is C12H16ClNO2. The highest BCUT2D eigenvalue weighted by Crippen LogP contribution is 2.39. The van der Waals surface area contributed by atoms with Gasteiger partial charge in [-0.1, -0.05) is 11.6 Å². The highest BCUT2D eigenvalue weighted by atomic mass is 35.5. The van der Waals surface area contributed by atoms with Crippen molar-refractivity contribution in [3.63, 3.8) is 0 Å². The normalized spacial score (nSPS) is 17.4. The third-order valence-electron chi connectivity index (χ3n) is 3.08. The predicted octanol–water partition coefficient (Wildman–Crippen LogP) is 2.52. The van der Waals surface area contributed by atoms with E-state index in [0.29, 0.717) is 16.7 Å². The van der Waals surface area contributed by atoms with Crippen molar-refractivity contribution < 1.29 is 9.84 Å². The highest BCUT2D eigenvalue weighted by molar-refractivity contribution is 6.32. The topological polar surface area (TPSA) is 41.5 Å². The molecule has 2 N–H and O–H groups in total. The van der Waals surface area contributed by atoms with Gasteiger partial charge in [-0.3, -0.25) is 0 Å². The van der Waals surface area contributed by atoms with Crippen LogP contribution in [0.15, 0.2) is 12.1 Å². The number of ether oxygens (including phenoxy) is 1. The van der Waals surface area contributed by atoms with Crippen LogP contribution in [0.1, 0.15) is 24.3 Å². The van der Waals surface area contributed by atoms with E-state index in [4.69, 9.17) is 16.3 Å². The van der Waals surface area contributed by atoms with Gasteiger partial charge in [-0.15, -0.1) is 0 Å². The third-order valence-corrected chi connectivity index (χ3v) is 3.37. The molecule has 1 saturated heterocycles. The quantitative estimate of drug-likeness (QED) is 0.836. The fraction of sp³-hybridized carbons (Fsp3) is 0.500. The summed E-state index contributed by atoms with van der Waals surface area (Å²) in [7, 11) is 1.61. The lowest BCUT2D eigenvalue weighted by atomic mass is 9.89. The second-order valence-electron chi connectivity index (χ2n) is 4.07. The number of hydrogen-bond donors (Lipinski definition) is 2. The Hall–Kier alpha value is -0.930. The third kappa shape index (κ3) is 2.25. The average Bonchev–Trinajstić information content (AvgIpc) is 2.33. The Morgan fingerprint density at radius 2 is 2.06 bits per heavy atom. The Kier molecular flexibility index (Phi) is 3.56. The number of rotatable bonds is 2. The Morgan fingerprint density at radius 1 is 1.38 bits per heavy atom. The molecule has 1 aliphatic heterocycles. The van der Waals surface area contributed by atoms with Gasteiger partial charge in [-0.2, -0.15) is 0 Å². The molecule has 0 spiro atoms. The maximum Gasteiger partial charge on any atom is 0.137 e. The Balaban J connectivity index is 2.33. The van der Waals surface area contributed by atoms with Crippen molar-refractivity contribution in [2.24, 2.45) is 0 Å². The number of piperidine rings is 1. The van der Waals surface area contributed by atoms with E-state index in [1.54, 1.807) is 13.2 Å². The summed E-state index contributed by atoms with van der Waals surface area (Å²) in [4.78, 5) is 0. The first-order valence-electron chi connectivity index (χ1n) is 5.49. The molecule has 3 nitrogen and oxygen atoms in total. The van der Waals surface area contributed by atoms with Crippen molar-refractivity contribution in [3.8, 4) is 11.5 Å². The summed E-state index contributed by atoms with van der Waals surface area (Å²) in [5, 5.41) is 13.6. The number of hydrogen-bond acceptors (Lipinski definition) is 3. The molecule has 1 aromatic carbocycles. The van der Waals surface area contributed by atoms with Gasteiger partial charge in [0.1, 0.15) is 11.5 Å². The zero-order valence-electron chi connectivity index (χ0n) is 9.29. The predicted molar refractivity (Wildman–Crippen MR) is 64.5 cm³/mol. The Bertz CT molecular complexity index is 376. The smallest absolute Gasteiger partial charge is 0.137 e. The standard InChI is InChI=1S/C12H16ClNO2/c1-16-9-6-10(12(15)11(13)7-9)8-2-4-14-5-3-8/h6-8,14-15H,2-5H2,1H3. The highest BCUT2D eigenvalue weighted by Gasteiger charge is 2.20. The number of halogens is 1. The van der Waals surface area contributed by atoms with Crippen molar-refractivity contribution in [1.29, 1.82) is 0 Å². The minimum absolute atomic E-state index is 0.203. The molecule has 0 amide bonds. The molecule has 2 rings (SSSR count). The molecule has 1 aromatic rings. The summed E-state index contributed by atoms with van der Waals surface area (Å²) in [6.45, 7) is 1.97. The molecule has 1 heterocycles. The van der Waals surface area contributed by atoms with Crippen LogP contribution in [-0.2, 0) is 0 Å². The summed E-state index contributed by atoms with van der Waals surface area (Å²) >= 11 is 5.97. The van der Waals surface area contributed by atoms with Crippen LogP contribution >= 0.6 is 11.6 Å². The van der Waals surface area contributed by atoms with Crippen molar-refractivity contribution in [2.75, 3.05) is 20.2 Å². The summed E-state index contributed by atoms with van der Waals surface area (Å²) in [6.07, 6.45) is 2.05. The van der Waals surface area contributed by atoms with E-state index in [1.165, 1.54) is 0 Å². The van der Waals surface area contributed by atoms with Crippen LogP contribution in [-0.4, -0.2) is 25.3 Å². The van der Waals surface area contributed by atoms with Crippen molar-refractivity contribution in [2.45, 2.75) is 18.8 Å². The van der Waals surface area contributed by atoms with E-state index in [9.17, 15) is 5.11 Å². The molecule has 1 fully saturated rings. The molecule has 1 aliphatic rings. The molecule has 0 bridgehead atoms. The van der Waals surface area contributed by atoms with Crippen molar-refractivity contribution in [3.05, 3.63) is 22.7 Å². The van der Waals surface area contributed by atoms with E-state index in [-0.39, 0.29) is 5.75 Å². The van der Waals surface area contributed by atoms with Crippen LogP contribution in [0.3, 0.4) is 0 Å². The summed E-state index contributed by atoms with van der Waals surface area (Å²) in [6, 6.07) is 3.53. The molecule has 0 saturated carbocycles. The van der Waals surface area contributed by atoms with Gasteiger partial charge in [0.25, 0.3) is 0 Å². The fourth-order valence-corrected chi connectivity index (χ4v) is 2.37. The monoisotopic (exact) mass is 241 g/mol. The first kappa shape index (κ1) is 11.6. The molecule has 0 aromatic heterocycles. The molecule has 88 valence electrons. The molecule has 4 heteroatoms. The zero-order valence-corrected chi connectivity index (χ0v) is 10.0. The van der Waals surface area contributed by atoms with Gasteiger partial charge in [0.15, 0.2) is 0 Å². The summed E-state index contributed by atoms with van der Waals surface area (Å²) < 4.78 is 5.17. The maximum absolute atomic E-state index is 9.96. The van der Waals surface area contributed by atoms with Gasteiger partial charge in [0, 0.05) is 11.6 Å². The van der Waals surface area contributed by atoms with Gasteiger partial charge < -0.3 is 15.2 Å². The van der Waals surface area contributed by atoms with Gasteiger partial charge >= 0.3 is 0 Å². The minimum atomic E-state index is 0.203. The number of phenols is 1. The molecular weight excluding hydrogens is 226 g/mol. The Morgan fingerprint density at radius 3 is 2.69 bits per heavy atom. The van der Waals surface area contributed by atoms with E-state index >= 15 is 0 Å². The van der Waals surface area contributed by atoms with Crippen LogP contribution in [0.5, 0.6) is 11.5 Å². The number of phenolic OH excluding ortho intramolecular Hbond substituents is 1. The van der Waals surface area contributed by atoms with Gasteiger partial charge in [-0.25, -0.2) is 0 Å². The first-order chi connectivity index (χ1) is 7.72. The lowest BCUT2D eigenvalue weighted by Crippen LogP contribution is -2.26. The number of benzene rings is 1. The maximum atomic E-state index is 9.96.